The number of nitrogens with zero attached hydrogens (tertiary/aromatic N) is 3. The van der Waals surface area contributed by atoms with E-state index in [4.69, 9.17) is 4.42 Å². The molecule has 0 bridgehead atoms. The Morgan fingerprint density at radius 1 is 0.404 bits per heavy atom. The highest BCUT2D eigenvalue weighted by molar-refractivity contribution is 6.06. The second-order valence-electron chi connectivity index (χ2n) is 13.5. The van der Waals surface area contributed by atoms with E-state index in [1.54, 1.807) is 0 Å². The fourth-order valence-corrected chi connectivity index (χ4v) is 7.70. The zero-order chi connectivity index (χ0) is 34.4. The van der Waals surface area contributed by atoms with Gasteiger partial charge < -0.3 is 9.32 Å². The molecule has 0 fully saturated rings. The van der Waals surface area contributed by atoms with Crippen molar-refractivity contribution in [3.63, 3.8) is 0 Å². The summed E-state index contributed by atoms with van der Waals surface area (Å²) in [7, 11) is 0. The number of aromatic nitrogens is 2. The summed E-state index contributed by atoms with van der Waals surface area (Å²) >= 11 is 0. The van der Waals surface area contributed by atoms with Gasteiger partial charge in [0.25, 0.3) is 0 Å². The third kappa shape index (κ3) is 5.42. The van der Waals surface area contributed by atoms with Crippen molar-refractivity contribution in [2.24, 2.45) is 0 Å². The van der Waals surface area contributed by atoms with Crippen molar-refractivity contribution in [2.45, 2.75) is 13.1 Å². The lowest BCUT2D eigenvalue weighted by Gasteiger charge is -2.24. The molecule has 0 atom stereocenters. The van der Waals surface area contributed by atoms with Gasteiger partial charge in [-0.3, -0.25) is 9.97 Å². The van der Waals surface area contributed by atoms with Gasteiger partial charge in [-0.05, 0) is 128 Å². The van der Waals surface area contributed by atoms with E-state index in [1.807, 2.05) is 49.1 Å². The first-order valence-electron chi connectivity index (χ1n) is 17.7. The molecule has 4 heterocycles. The molecule has 0 saturated carbocycles. The summed E-state index contributed by atoms with van der Waals surface area (Å²) < 4.78 is 6.15. The van der Waals surface area contributed by atoms with E-state index >= 15 is 0 Å². The van der Waals surface area contributed by atoms with Crippen LogP contribution in [0, 0.1) is 0 Å². The number of hydrogen-bond acceptors (Lipinski definition) is 4. The number of rotatable bonds is 5. The molecule has 3 aromatic heterocycles. The SMILES string of the molecule is c1ccc(N2Cc3cc(-c4ccc5oc6ccccc6c5c4)ccc3-c3cc(-c4cc(-c5cccnc5)cc(-c5cccnc5)c4)ccc3C2)cc1. The maximum atomic E-state index is 6.15. The summed E-state index contributed by atoms with van der Waals surface area (Å²) in [5.74, 6) is 0. The molecule has 4 nitrogen and oxygen atoms in total. The molecule has 0 unspecified atom stereocenters. The van der Waals surface area contributed by atoms with Crippen LogP contribution in [0.1, 0.15) is 11.1 Å². The molecule has 10 rings (SSSR count). The Labute approximate surface area is 302 Å². The number of pyridine rings is 2. The summed E-state index contributed by atoms with van der Waals surface area (Å²) in [6, 6.07) is 54.6. The van der Waals surface area contributed by atoms with E-state index in [9.17, 15) is 0 Å². The molecule has 52 heavy (non-hydrogen) atoms. The zero-order valence-electron chi connectivity index (χ0n) is 28.4. The van der Waals surface area contributed by atoms with Gasteiger partial charge in [-0.25, -0.2) is 0 Å². The predicted octanol–water partition coefficient (Wildman–Crippen LogP) is 12.2. The zero-order valence-corrected chi connectivity index (χ0v) is 28.4. The van der Waals surface area contributed by atoms with Gasteiger partial charge in [0.05, 0.1) is 0 Å². The van der Waals surface area contributed by atoms with Crippen LogP contribution in [-0.4, -0.2) is 9.97 Å². The minimum atomic E-state index is 0.801. The largest absolute Gasteiger partial charge is 0.456 e. The molecule has 1 aliphatic rings. The second-order valence-corrected chi connectivity index (χ2v) is 13.5. The highest BCUT2D eigenvalue weighted by Crippen LogP contribution is 2.41. The highest BCUT2D eigenvalue weighted by Gasteiger charge is 2.22. The molecule has 246 valence electrons. The summed E-state index contributed by atoms with van der Waals surface area (Å²) in [6.07, 6.45) is 7.51. The Kier molecular flexibility index (Phi) is 7.24. The molecule has 0 N–H and O–H groups in total. The van der Waals surface area contributed by atoms with Gasteiger partial charge in [-0.1, -0.05) is 78.9 Å². The Morgan fingerprint density at radius 3 is 1.77 bits per heavy atom. The van der Waals surface area contributed by atoms with Gasteiger partial charge in [0.15, 0.2) is 0 Å². The standard InChI is InChI=1S/C48H33N3O/c1-2-10-42(11-3-1)51-30-37-15-14-34(38-23-39(35-8-6-20-49-28-35)25-40(24-38)36-9-7-21-50-29-36)26-45(37)43-18-16-32(22-41(43)31-51)33-17-19-48-46(27-33)44-12-4-5-13-47(44)52-48/h1-29H,30-31H2. The molecule has 0 spiro atoms. The van der Waals surface area contributed by atoms with Crippen molar-refractivity contribution < 1.29 is 4.42 Å². The summed E-state index contributed by atoms with van der Waals surface area (Å²) in [6.45, 7) is 1.61. The molecule has 0 amide bonds. The second kappa shape index (κ2) is 12.5. The van der Waals surface area contributed by atoms with Crippen LogP contribution in [0.3, 0.4) is 0 Å². The van der Waals surface area contributed by atoms with Crippen LogP contribution < -0.4 is 4.90 Å². The number of benzene rings is 6. The molecular weight excluding hydrogens is 635 g/mol. The number of hydrogen-bond donors (Lipinski definition) is 0. The molecular formula is C48H33N3O. The summed E-state index contributed by atoms with van der Waals surface area (Å²) in [4.78, 5) is 11.3. The van der Waals surface area contributed by atoms with Crippen LogP contribution in [0.25, 0.3) is 77.6 Å². The van der Waals surface area contributed by atoms with Crippen molar-refractivity contribution in [2.75, 3.05) is 4.90 Å². The van der Waals surface area contributed by atoms with Crippen LogP contribution in [0.2, 0.25) is 0 Å². The lowest BCUT2D eigenvalue weighted by atomic mass is 9.89. The molecule has 4 heteroatoms. The first-order chi connectivity index (χ1) is 25.7. The van der Waals surface area contributed by atoms with E-state index in [2.05, 4.69) is 142 Å². The van der Waals surface area contributed by atoms with Crippen molar-refractivity contribution >= 4 is 27.6 Å². The molecule has 0 saturated heterocycles. The van der Waals surface area contributed by atoms with E-state index in [1.165, 1.54) is 44.6 Å². The Bertz CT molecular complexity index is 2680. The number of fused-ring (bicyclic) bond motifs is 6. The first kappa shape index (κ1) is 30.1. The van der Waals surface area contributed by atoms with Gasteiger partial charge in [-0.15, -0.1) is 0 Å². The van der Waals surface area contributed by atoms with Crippen LogP contribution in [0.4, 0.5) is 5.69 Å². The Balaban J connectivity index is 1.12. The van der Waals surface area contributed by atoms with E-state index in [0.29, 0.717) is 0 Å². The quantitative estimate of drug-likeness (QED) is 0.183. The number of anilines is 1. The highest BCUT2D eigenvalue weighted by atomic mass is 16.3. The minimum Gasteiger partial charge on any atom is -0.456 e. The van der Waals surface area contributed by atoms with Crippen LogP contribution in [-0.2, 0) is 13.1 Å². The van der Waals surface area contributed by atoms with Gasteiger partial charge in [0.1, 0.15) is 11.2 Å². The van der Waals surface area contributed by atoms with Crippen molar-refractivity contribution in [1.29, 1.82) is 0 Å². The number of furan rings is 1. The lowest BCUT2D eigenvalue weighted by molar-refractivity contribution is 0.669. The topological polar surface area (TPSA) is 42.2 Å². The van der Waals surface area contributed by atoms with Gasteiger partial charge >= 0.3 is 0 Å². The molecule has 6 aromatic carbocycles. The Morgan fingerprint density at radius 2 is 1.02 bits per heavy atom. The minimum absolute atomic E-state index is 0.801. The fraction of sp³-hybridized carbons (Fsp3) is 0.0417. The fourth-order valence-electron chi connectivity index (χ4n) is 7.70. The van der Waals surface area contributed by atoms with Gasteiger partial charge in [0, 0.05) is 65.5 Å². The van der Waals surface area contributed by atoms with Crippen molar-refractivity contribution in [1.82, 2.24) is 9.97 Å². The lowest BCUT2D eigenvalue weighted by Crippen LogP contribution is -2.20. The average molecular weight is 668 g/mol. The van der Waals surface area contributed by atoms with Crippen molar-refractivity contribution in [3.05, 3.63) is 188 Å². The van der Waals surface area contributed by atoms with E-state index < -0.39 is 0 Å². The normalized spacial score (nSPS) is 12.4. The van der Waals surface area contributed by atoms with Crippen LogP contribution in [0.5, 0.6) is 0 Å². The maximum absolute atomic E-state index is 6.15. The molecule has 0 aliphatic carbocycles. The third-order valence-corrected chi connectivity index (χ3v) is 10.3. The predicted molar refractivity (Wildman–Crippen MR) is 213 cm³/mol. The Hall–Kier alpha value is -6.78. The van der Waals surface area contributed by atoms with E-state index in [-0.39, 0.29) is 0 Å². The molecule has 9 aromatic rings. The monoisotopic (exact) mass is 667 g/mol. The summed E-state index contributed by atoms with van der Waals surface area (Å²) in [5, 5.41) is 2.29. The first-order valence-corrected chi connectivity index (χ1v) is 17.7. The average Bonchev–Trinajstić information content (AvgIpc) is 3.51. The van der Waals surface area contributed by atoms with Crippen LogP contribution in [0.15, 0.2) is 181 Å². The van der Waals surface area contributed by atoms with Gasteiger partial charge in [0.2, 0.25) is 0 Å². The van der Waals surface area contributed by atoms with Crippen LogP contribution >= 0.6 is 0 Å². The third-order valence-electron chi connectivity index (χ3n) is 10.3. The summed E-state index contributed by atoms with van der Waals surface area (Å²) in [5.41, 5.74) is 17.3. The molecule has 0 radical (unpaired) electrons. The maximum Gasteiger partial charge on any atom is 0.135 e. The van der Waals surface area contributed by atoms with Gasteiger partial charge in [-0.2, -0.15) is 0 Å². The van der Waals surface area contributed by atoms with Crippen molar-refractivity contribution in [3.8, 4) is 55.6 Å². The smallest absolute Gasteiger partial charge is 0.135 e. The van der Waals surface area contributed by atoms with E-state index in [0.717, 1.165) is 62.8 Å². The molecule has 1 aliphatic heterocycles. The number of para-hydroxylation sites is 2.